The summed E-state index contributed by atoms with van der Waals surface area (Å²) in [6.45, 7) is 1.96. The molecule has 11 atom stereocenters. The van der Waals surface area contributed by atoms with Crippen molar-refractivity contribution in [3.63, 3.8) is 0 Å². The number of esters is 1. The van der Waals surface area contributed by atoms with E-state index in [1.807, 2.05) is 0 Å². The Morgan fingerprint density at radius 1 is 1.17 bits per heavy atom. The van der Waals surface area contributed by atoms with E-state index in [1.54, 1.807) is 13.8 Å². The molecule has 1 spiro atoms. The summed E-state index contributed by atoms with van der Waals surface area (Å²) in [5.74, 6) is -3.40. The van der Waals surface area contributed by atoms with Gasteiger partial charge in [-0.2, -0.15) is 0 Å². The lowest BCUT2D eigenvalue weighted by Gasteiger charge is -2.70. The van der Waals surface area contributed by atoms with E-state index in [9.17, 15) is 40.2 Å². The molecule has 5 aliphatic rings. The first-order valence-electron chi connectivity index (χ1n) is 10.1. The number of hydrogen-bond donors (Lipinski definition) is 6. The molecule has 2 aliphatic heterocycles. The lowest BCUT2D eigenvalue weighted by molar-refractivity contribution is -0.357. The molecular weight excluding hydrogens is 400 g/mol. The van der Waals surface area contributed by atoms with E-state index >= 15 is 0 Å². The zero-order chi connectivity index (χ0) is 22.0. The summed E-state index contributed by atoms with van der Waals surface area (Å²) in [6.07, 6.45) is -6.90. The first kappa shape index (κ1) is 20.5. The Kier molecular flexibility index (Phi) is 3.89. The van der Waals surface area contributed by atoms with Gasteiger partial charge in [-0.1, -0.05) is 12.5 Å². The van der Waals surface area contributed by atoms with Gasteiger partial charge >= 0.3 is 5.97 Å². The van der Waals surface area contributed by atoms with Crippen LogP contribution in [0.2, 0.25) is 0 Å². The Hall–Kier alpha value is -1.40. The maximum absolute atomic E-state index is 12.6. The Bertz CT molecular complexity index is 872. The van der Waals surface area contributed by atoms with Crippen molar-refractivity contribution in [1.82, 2.24) is 0 Å². The van der Waals surface area contributed by atoms with Crippen molar-refractivity contribution in [3.05, 3.63) is 11.6 Å². The zero-order valence-electron chi connectivity index (χ0n) is 16.6. The van der Waals surface area contributed by atoms with Crippen molar-refractivity contribution in [1.29, 1.82) is 0 Å². The molecule has 5 rings (SSSR count). The van der Waals surface area contributed by atoms with Gasteiger partial charge in [-0.25, -0.2) is 4.79 Å². The van der Waals surface area contributed by atoms with Gasteiger partial charge < -0.3 is 40.1 Å². The molecule has 3 aliphatic carbocycles. The topological polar surface area (TPSA) is 174 Å². The summed E-state index contributed by atoms with van der Waals surface area (Å²) in [6, 6.07) is 0. The predicted molar refractivity (Wildman–Crippen MR) is 95.5 cm³/mol. The van der Waals surface area contributed by atoms with Gasteiger partial charge in [-0.15, -0.1) is 0 Å². The monoisotopic (exact) mass is 426 g/mol. The van der Waals surface area contributed by atoms with E-state index in [1.165, 1.54) is 6.08 Å². The number of aliphatic hydroxyl groups is 6. The summed E-state index contributed by atoms with van der Waals surface area (Å²) in [5, 5.41) is 66.0. The van der Waals surface area contributed by atoms with Gasteiger partial charge in [0.15, 0.2) is 17.5 Å². The van der Waals surface area contributed by atoms with Crippen LogP contribution in [-0.2, 0) is 19.1 Å². The van der Waals surface area contributed by atoms with E-state index < -0.39 is 82.7 Å². The third-order valence-electron chi connectivity index (χ3n) is 8.96. The average Bonchev–Trinajstić information content (AvgIpc) is 2.91. The molecule has 6 N–H and O–H groups in total. The smallest absolute Gasteiger partial charge is 0.338 e. The molecule has 10 nitrogen and oxygen atoms in total. The summed E-state index contributed by atoms with van der Waals surface area (Å²) >= 11 is 0. The fourth-order valence-electron chi connectivity index (χ4n) is 7.64. The number of carbonyl (C=O) groups excluding carboxylic acids is 2. The molecule has 0 aromatic rings. The highest BCUT2D eigenvalue weighted by atomic mass is 16.6. The maximum Gasteiger partial charge on any atom is 0.338 e. The standard InChI is InChI=1S/C20H26O10/c1-7-3-9(22)13(24)17(2)8(7)4-10-18-6-29-19(5-21,14(25)11(23)12(17)18)20(18,28)15(26)16(27)30-10/h3,8,10-15,21,23-26,28H,4-6H2,1-2H3/t8-,10+,11?,12+,13+,14-,15-,17-,18+,19+,20-/m0/s1. The minimum absolute atomic E-state index is 0.105. The van der Waals surface area contributed by atoms with Crippen LogP contribution in [0.4, 0.5) is 0 Å². The largest absolute Gasteiger partial charge is 0.460 e. The normalized spacial score (nSPS) is 59.2. The van der Waals surface area contributed by atoms with Gasteiger partial charge in [0.1, 0.15) is 23.9 Å². The molecule has 1 unspecified atom stereocenters. The van der Waals surface area contributed by atoms with E-state index in [0.29, 0.717) is 5.57 Å². The number of aliphatic hydroxyl groups excluding tert-OH is 5. The molecule has 2 saturated carbocycles. The van der Waals surface area contributed by atoms with Crippen LogP contribution in [0.25, 0.3) is 0 Å². The third kappa shape index (κ3) is 1.72. The van der Waals surface area contributed by atoms with Crippen molar-refractivity contribution in [2.24, 2.45) is 22.7 Å². The van der Waals surface area contributed by atoms with E-state index in [-0.39, 0.29) is 13.0 Å². The van der Waals surface area contributed by atoms with Crippen molar-refractivity contribution in [2.45, 2.75) is 62.0 Å². The molecule has 4 fully saturated rings. The Labute approximate surface area is 171 Å². The second-order valence-electron chi connectivity index (χ2n) is 9.73. The second-order valence-corrected chi connectivity index (χ2v) is 9.73. The van der Waals surface area contributed by atoms with Crippen LogP contribution in [0.5, 0.6) is 0 Å². The van der Waals surface area contributed by atoms with Crippen LogP contribution in [0.15, 0.2) is 11.6 Å². The second kappa shape index (κ2) is 5.69. The van der Waals surface area contributed by atoms with Gasteiger partial charge in [0.25, 0.3) is 0 Å². The number of fused-ring (bicyclic) bond motifs is 2. The molecule has 2 heterocycles. The van der Waals surface area contributed by atoms with E-state index in [2.05, 4.69) is 0 Å². The quantitative estimate of drug-likeness (QED) is 0.237. The SMILES string of the molecule is CC1=CC(=O)[C@@H](O)[C@]2(C)[C@H]3C(O)[C@H](O)[C@@]4(CO)OC[C@@]35[C@@H](C[C@@H]12)OC(=O)[C@H](O)[C@]54O. The fraction of sp³-hybridized carbons (Fsp3) is 0.800. The molecule has 2 bridgehead atoms. The van der Waals surface area contributed by atoms with Crippen LogP contribution >= 0.6 is 0 Å². The van der Waals surface area contributed by atoms with Crippen LogP contribution < -0.4 is 0 Å². The van der Waals surface area contributed by atoms with E-state index in [0.717, 1.165) is 0 Å². The lowest BCUT2D eigenvalue weighted by atomic mass is 9.36. The highest BCUT2D eigenvalue weighted by Gasteiger charge is 2.89. The molecule has 0 amide bonds. The van der Waals surface area contributed by atoms with Crippen molar-refractivity contribution < 1.29 is 49.7 Å². The van der Waals surface area contributed by atoms with Crippen LogP contribution in [0.3, 0.4) is 0 Å². The number of allylic oxidation sites excluding steroid dienone is 1. The number of hydrogen-bond acceptors (Lipinski definition) is 10. The molecule has 0 radical (unpaired) electrons. The number of ketones is 1. The molecule has 166 valence electrons. The minimum atomic E-state index is -2.51. The lowest BCUT2D eigenvalue weighted by Crippen LogP contribution is -2.87. The summed E-state index contributed by atoms with van der Waals surface area (Å²) in [7, 11) is 0. The van der Waals surface area contributed by atoms with Gasteiger partial charge in [0, 0.05) is 11.3 Å². The van der Waals surface area contributed by atoms with Gasteiger partial charge in [-0.3, -0.25) is 4.79 Å². The molecule has 2 saturated heterocycles. The minimum Gasteiger partial charge on any atom is -0.460 e. The molecule has 30 heavy (non-hydrogen) atoms. The first-order valence-corrected chi connectivity index (χ1v) is 10.1. The highest BCUT2D eigenvalue weighted by molar-refractivity contribution is 5.96. The fourth-order valence-corrected chi connectivity index (χ4v) is 7.64. The third-order valence-corrected chi connectivity index (χ3v) is 8.96. The summed E-state index contributed by atoms with van der Waals surface area (Å²) in [5.41, 5.74) is -7.15. The first-order chi connectivity index (χ1) is 13.9. The number of ether oxygens (including phenoxy) is 2. The van der Waals surface area contributed by atoms with Crippen LogP contribution in [-0.4, -0.2) is 97.3 Å². The predicted octanol–water partition coefficient (Wildman–Crippen LogP) is -2.98. The van der Waals surface area contributed by atoms with Crippen LogP contribution in [0, 0.1) is 22.7 Å². The van der Waals surface area contributed by atoms with E-state index in [4.69, 9.17) is 9.47 Å². The van der Waals surface area contributed by atoms with Crippen molar-refractivity contribution >= 4 is 11.8 Å². The Balaban J connectivity index is 1.83. The average molecular weight is 426 g/mol. The summed E-state index contributed by atoms with van der Waals surface area (Å²) < 4.78 is 11.2. The number of rotatable bonds is 1. The summed E-state index contributed by atoms with van der Waals surface area (Å²) in [4.78, 5) is 25.1. The van der Waals surface area contributed by atoms with Crippen molar-refractivity contribution in [3.8, 4) is 0 Å². The Morgan fingerprint density at radius 2 is 1.83 bits per heavy atom. The molecule has 0 aromatic heterocycles. The van der Waals surface area contributed by atoms with Crippen LogP contribution in [0.1, 0.15) is 20.3 Å². The Morgan fingerprint density at radius 3 is 2.47 bits per heavy atom. The number of carbonyl (C=O) groups is 2. The van der Waals surface area contributed by atoms with Crippen molar-refractivity contribution in [2.75, 3.05) is 13.2 Å². The highest BCUT2D eigenvalue weighted by Crippen LogP contribution is 2.73. The molecule has 0 aromatic carbocycles. The van der Waals surface area contributed by atoms with Gasteiger partial charge in [-0.05, 0) is 25.3 Å². The molecule has 10 heteroatoms. The maximum atomic E-state index is 12.6. The van der Waals surface area contributed by atoms with Gasteiger partial charge in [0.05, 0.1) is 24.7 Å². The zero-order valence-corrected chi connectivity index (χ0v) is 16.6. The molecular formula is C20H26O10. The van der Waals surface area contributed by atoms with Gasteiger partial charge in [0.2, 0.25) is 0 Å².